The first-order valence-electron chi connectivity index (χ1n) is 5.50. The van der Waals surface area contributed by atoms with E-state index in [0.717, 1.165) is 12.8 Å². The van der Waals surface area contributed by atoms with E-state index in [0.29, 0.717) is 0 Å². The molecule has 0 unspecified atom stereocenters. The Kier molecular flexibility index (Phi) is 8.46. The van der Waals surface area contributed by atoms with Crippen LogP contribution in [0.15, 0.2) is 60.3 Å². The van der Waals surface area contributed by atoms with E-state index in [2.05, 4.69) is 43.9 Å². The van der Waals surface area contributed by atoms with Crippen molar-refractivity contribution in [2.75, 3.05) is 0 Å². The van der Waals surface area contributed by atoms with Crippen molar-refractivity contribution in [1.29, 1.82) is 0 Å². The van der Waals surface area contributed by atoms with E-state index in [1.165, 1.54) is 11.1 Å². The highest BCUT2D eigenvalue weighted by Crippen LogP contribution is 2.13. The van der Waals surface area contributed by atoms with E-state index < -0.39 is 0 Å². The van der Waals surface area contributed by atoms with Crippen molar-refractivity contribution in [3.63, 3.8) is 0 Å². The molecule has 0 aliphatic heterocycles. The second kappa shape index (κ2) is 9.26. The largest absolute Gasteiger partial charge is 0.0988 e. The van der Waals surface area contributed by atoms with Gasteiger partial charge in [-0.15, -0.1) is 0 Å². The molecule has 0 saturated carbocycles. The topological polar surface area (TPSA) is 0 Å². The maximum Gasteiger partial charge on any atom is -0.0239 e. The molecule has 0 saturated heterocycles. The Bertz CT molecular complexity index is 285. The highest BCUT2D eigenvalue weighted by atomic mass is 14.0. The van der Waals surface area contributed by atoms with Crippen molar-refractivity contribution < 1.29 is 0 Å². The number of rotatable bonds is 6. The fourth-order valence-electron chi connectivity index (χ4n) is 1.30. The molecule has 0 aromatic heterocycles. The van der Waals surface area contributed by atoms with E-state index in [-0.39, 0.29) is 0 Å². The predicted molar refractivity (Wildman–Crippen MR) is 70.9 cm³/mol. The van der Waals surface area contributed by atoms with E-state index in [1.54, 1.807) is 0 Å². The van der Waals surface area contributed by atoms with Gasteiger partial charge in [0.15, 0.2) is 0 Å². The molecule has 0 spiro atoms. The monoisotopic (exact) mass is 202 g/mol. The SMILES string of the molecule is C=C/C(=C\C=C/C)CCC(/C=C\C)=C/C. The molecular formula is C15H22. The van der Waals surface area contributed by atoms with Gasteiger partial charge in [-0.2, -0.15) is 0 Å². The normalized spacial score (nSPS) is 14.1. The quantitative estimate of drug-likeness (QED) is 0.533. The molecule has 0 heteroatoms. The lowest BCUT2D eigenvalue weighted by Gasteiger charge is -2.02. The third kappa shape index (κ3) is 6.73. The molecule has 0 radical (unpaired) electrons. The van der Waals surface area contributed by atoms with Gasteiger partial charge in [-0.25, -0.2) is 0 Å². The van der Waals surface area contributed by atoms with Gasteiger partial charge in [0.25, 0.3) is 0 Å². The Morgan fingerprint density at radius 1 is 1.00 bits per heavy atom. The summed E-state index contributed by atoms with van der Waals surface area (Å²) < 4.78 is 0. The van der Waals surface area contributed by atoms with Crippen LogP contribution in [0.3, 0.4) is 0 Å². The molecule has 0 N–H and O–H groups in total. The van der Waals surface area contributed by atoms with Crippen LogP contribution in [0.4, 0.5) is 0 Å². The van der Waals surface area contributed by atoms with Crippen LogP contribution in [0.2, 0.25) is 0 Å². The maximum absolute atomic E-state index is 3.82. The van der Waals surface area contributed by atoms with Gasteiger partial charge >= 0.3 is 0 Å². The number of hydrogen-bond acceptors (Lipinski definition) is 0. The highest BCUT2D eigenvalue weighted by molar-refractivity contribution is 5.25. The summed E-state index contributed by atoms with van der Waals surface area (Å²) in [4.78, 5) is 0. The Hall–Kier alpha value is -1.30. The van der Waals surface area contributed by atoms with Crippen molar-refractivity contribution in [3.05, 3.63) is 60.3 Å². The third-order valence-corrected chi connectivity index (χ3v) is 2.22. The number of allylic oxidation sites excluding steroid dienone is 9. The van der Waals surface area contributed by atoms with E-state index in [4.69, 9.17) is 0 Å². The summed E-state index contributed by atoms with van der Waals surface area (Å²) in [6.07, 6.45) is 16.7. The molecule has 82 valence electrons. The van der Waals surface area contributed by atoms with Gasteiger partial charge in [0.05, 0.1) is 0 Å². The zero-order valence-electron chi connectivity index (χ0n) is 10.2. The van der Waals surface area contributed by atoms with Crippen molar-refractivity contribution in [2.45, 2.75) is 33.6 Å². The lowest BCUT2D eigenvalue weighted by Crippen LogP contribution is -1.82. The highest BCUT2D eigenvalue weighted by Gasteiger charge is 1.94. The molecule has 0 aliphatic carbocycles. The fraction of sp³-hybridized carbons (Fsp3) is 0.333. The Labute approximate surface area is 94.4 Å². The second-order valence-electron chi connectivity index (χ2n) is 3.34. The summed E-state index contributed by atoms with van der Waals surface area (Å²) in [5.74, 6) is 0. The summed E-state index contributed by atoms with van der Waals surface area (Å²) >= 11 is 0. The Morgan fingerprint density at radius 2 is 1.67 bits per heavy atom. The molecule has 0 aromatic rings. The van der Waals surface area contributed by atoms with E-state index in [9.17, 15) is 0 Å². The molecule has 0 amide bonds. The van der Waals surface area contributed by atoms with Crippen LogP contribution in [-0.2, 0) is 0 Å². The average molecular weight is 202 g/mol. The van der Waals surface area contributed by atoms with Crippen LogP contribution >= 0.6 is 0 Å². The van der Waals surface area contributed by atoms with E-state index in [1.807, 2.05) is 26.0 Å². The van der Waals surface area contributed by atoms with E-state index >= 15 is 0 Å². The van der Waals surface area contributed by atoms with Crippen LogP contribution in [0.25, 0.3) is 0 Å². The van der Waals surface area contributed by atoms with Crippen molar-refractivity contribution in [3.8, 4) is 0 Å². The molecular weight excluding hydrogens is 180 g/mol. The summed E-state index contributed by atoms with van der Waals surface area (Å²) in [7, 11) is 0. The lowest BCUT2D eigenvalue weighted by molar-refractivity contribution is 0.967. The smallest absolute Gasteiger partial charge is 0.0239 e. The maximum atomic E-state index is 3.82. The fourth-order valence-corrected chi connectivity index (χ4v) is 1.30. The molecule has 0 rings (SSSR count). The number of hydrogen-bond donors (Lipinski definition) is 0. The summed E-state index contributed by atoms with van der Waals surface area (Å²) in [6, 6.07) is 0. The molecule has 0 heterocycles. The van der Waals surface area contributed by atoms with Crippen LogP contribution in [0, 0.1) is 0 Å². The second-order valence-corrected chi connectivity index (χ2v) is 3.34. The summed E-state index contributed by atoms with van der Waals surface area (Å²) in [5, 5.41) is 0. The summed E-state index contributed by atoms with van der Waals surface area (Å²) in [5.41, 5.74) is 2.67. The van der Waals surface area contributed by atoms with Gasteiger partial charge in [-0.05, 0) is 39.2 Å². The van der Waals surface area contributed by atoms with Gasteiger partial charge in [-0.1, -0.05) is 54.7 Å². The summed E-state index contributed by atoms with van der Waals surface area (Å²) in [6.45, 7) is 9.98. The Balaban J connectivity index is 4.28. The van der Waals surface area contributed by atoms with Crippen molar-refractivity contribution in [1.82, 2.24) is 0 Å². The first-order chi connectivity index (χ1) is 7.28. The standard InChI is InChI=1S/C15H22/c1-5-9-11-15(8-4)13-12-14(7-3)10-6-2/h5-11H,4,12-13H2,1-3H3/b9-5-,10-6-,14-7+,15-11+. The molecule has 0 bridgehead atoms. The Morgan fingerprint density at radius 3 is 2.13 bits per heavy atom. The zero-order chi connectivity index (χ0) is 11.5. The minimum atomic E-state index is 1.05. The van der Waals surface area contributed by atoms with Crippen molar-refractivity contribution >= 4 is 0 Å². The van der Waals surface area contributed by atoms with Crippen LogP contribution in [0.5, 0.6) is 0 Å². The van der Waals surface area contributed by atoms with Crippen LogP contribution < -0.4 is 0 Å². The predicted octanol–water partition coefficient (Wildman–Crippen LogP) is 4.98. The first-order valence-corrected chi connectivity index (χ1v) is 5.50. The van der Waals surface area contributed by atoms with Crippen LogP contribution in [-0.4, -0.2) is 0 Å². The van der Waals surface area contributed by atoms with Gasteiger partial charge in [0, 0.05) is 0 Å². The van der Waals surface area contributed by atoms with Gasteiger partial charge in [-0.3, -0.25) is 0 Å². The van der Waals surface area contributed by atoms with Gasteiger partial charge < -0.3 is 0 Å². The minimum absolute atomic E-state index is 1.05. The minimum Gasteiger partial charge on any atom is -0.0988 e. The van der Waals surface area contributed by atoms with Crippen molar-refractivity contribution in [2.24, 2.45) is 0 Å². The van der Waals surface area contributed by atoms with Gasteiger partial charge in [0.2, 0.25) is 0 Å². The molecule has 0 fully saturated rings. The van der Waals surface area contributed by atoms with Gasteiger partial charge in [0.1, 0.15) is 0 Å². The molecule has 15 heavy (non-hydrogen) atoms. The lowest BCUT2D eigenvalue weighted by atomic mass is 10.0. The molecule has 0 atom stereocenters. The molecule has 0 nitrogen and oxygen atoms in total. The first kappa shape index (κ1) is 13.7. The molecule has 0 aliphatic rings. The third-order valence-electron chi connectivity index (χ3n) is 2.22. The van der Waals surface area contributed by atoms with Crippen LogP contribution in [0.1, 0.15) is 33.6 Å². The zero-order valence-corrected chi connectivity index (χ0v) is 10.2. The average Bonchev–Trinajstić information content (AvgIpc) is 2.27. The molecule has 0 aromatic carbocycles.